The molecule has 154 valence electrons. The Morgan fingerprint density at radius 2 is 0.839 bits per heavy atom. The topological polar surface area (TPSA) is 40.5 Å². The van der Waals surface area contributed by atoms with Gasteiger partial charge in [0.15, 0.2) is 5.75 Å². The van der Waals surface area contributed by atoms with E-state index in [2.05, 4.69) is 0 Å². The summed E-state index contributed by atoms with van der Waals surface area (Å²) in [6.45, 7) is 0. The van der Waals surface area contributed by atoms with Crippen LogP contribution in [-0.4, -0.2) is 18.2 Å². The summed E-state index contributed by atoms with van der Waals surface area (Å²) >= 11 is 16.5. The van der Waals surface area contributed by atoms with Crippen LogP contribution < -0.4 is 15.6 Å². The minimum atomic E-state index is -2.88. The molecule has 4 aromatic rings. The molecule has 0 amide bonds. The monoisotopic (exact) mass is 536 g/mol. The zero-order valence-corrected chi connectivity index (χ0v) is 22.8. The van der Waals surface area contributed by atoms with Crippen LogP contribution in [0.4, 0.5) is 0 Å². The molecule has 2 N–H and O–H groups in total. The second-order valence-corrected chi connectivity index (χ2v) is 10.9. The number of benzene rings is 4. The molecule has 4 rings (SSSR count). The second-order valence-electron chi connectivity index (χ2n) is 6.53. The van der Waals surface area contributed by atoms with Crippen molar-refractivity contribution in [1.29, 1.82) is 0 Å². The van der Waals surface area contributed by atoms with Gasteiger partial charge in [-0.05, 0) is 27.7 Å². The molecule has 0 saturated heterocycles. The normalized spacial score (nSPS) is 10.5. The number of phenolic OH excluding ortho intramolecular Hbond substituents is 1. The summed E-state index contributed by atoms with van der Waals surface area (Å²) in [4.78, 5) is 11.6. The van der Waals surface area contributed by atoms with Crippen LogP contribution in [0, 0.1) is 0 Å². The largest absolute Gasteiger partial charge is 0.505 e. The van der Waals surface area contributed by atoms with Crippen molar-refractivity contribution in [2.75, 3.05) is 0 Å². The summed E-state index contributed by atoms with van der Waals surface area (Å²) in [6, 6.07) is 32.8. The minimum Gasteiger partial charge on any atom is -0.505 e. The maximum Gasteiger partial charge on any atom is 0.285 e. The van der Waals surface area contributed by atoms with Crippen molar-refractivity contribution >= 4 is 58.7 Å². The van der Waals surface area contributed by atoms with Crippen molar-refractivity contribution in [2.24, 2.45) is 0 Å². The molecule has 0 spiro atoms. The molecule has 0 aromatic heterocycles. The van der Waals surface area contributed by atoms with Gasteiger partial charge in [0.1, 0.15) is 0 Å². The van der Waals surface area contributed by atoms with E-state index in [0.717, 1.165) is 15.6 Å². The van der Waals surface area contributed by atoms with Crippen LogP contribution >= 0.6 is 34.8 Å². The Labute approximate surface area is 210 Å². The first-order valence-electron chi connectivity index (χ1n) is 9.15. The van der Waals surface area contributed by atoms with E-state index >= 15 is 0 Å². The van der Waals surface area contributed by atoms with E-state index in [1.54, 1.807) is 0 Å². The van der Waals surface area contributed by atoms with Gasteiger partial charge in [0.2, 0.25) is 0 Å². The molecule has 0 radical (unpaired) electrons. The Kier molecular flexibility index (Phi) is 9.77. The third-order valence-corrected chi connectivity index (χ3v) is 8.86. The van der Waals surface area contributed by atoms with Crippen molar-refractivity contribution in [3.8, 4) is 5.75 Å². The second kappa shape index (κ2) is 11.8. The molecule has 0 aliphatic carbocycles. The Morgan fingerprint density at radius 1 is 0.548 bits per heavy atom. The summed E-state index contributed by atoms with van der Waals surface area (Å²) < 4.78 is 0. The van der Waals surface area contributed by atoms with Crippen LogP contribution in [0.3, 0.4) is 0 Å². The van der Waals surface area contributed by atoms with Crippen LogP contribution in [0.1, 0.15) is 0 Å². The predicted octanol–water partition coefficient (Wildman–Crippen LogP) is 5.00. The van der Waals surface area contributed by atoms with Gasteiger partial charge in [-0.1, -0.05) is 126 Å². The molecule has 0 aliphatic heterocycles. The predicted molar refractivity (Wildman–Crippen MR) is 129 cm³/mol. The third kappa shape index (κ3) is 6.20. The third-order valence-electron chi connectivity index (χ3n) is 4.56. The molecule has 0 heterocycles. The number of hydrogen-bond donors (Lipinski definition) is 2. The first-order valence-corrected chi connectivity index (χ1v) is 12.2. The van der Waals surface area contributed by atoms with Gasteiger partial charge in [-0.15, -0.1) is 0 Å². The fourth-order valence-electron chi connectivity index (χ4n) is 3.07. The Bertz CT molecular complexity index is 978. The standard InChI is InChI=1S/C18H16OSi.C6H3Cl3O.Zn/c19-20(16-10-4-1-5-11-16,17-12-6-2-7-13-17)18-14-8-3-9-15-18;7-3-1-4(8)6(10)5(9)2-3;/h1-15,19H;1-2,10H;. The van der Waals surface area contributed by atoms with E-state index in [9.17, 15) is 4.80 Å². The van der Waals surface area contributed by atoms with Crippen LogP contribution in [0.15, 0.2) is 103 Å². The van der Waals surface area contributed by atoms with Crippen molar-refractivity contribution in [2.45, 2.75) is 0 Å². The smallest absolute Gasteiger partial charge is 0.285 e. The molecule has 2 nitrogen and oxygen atoms in total. The maximum atomic E-state index is 11.6. The summed E-state index contributed by atoms with van der Waals surface area (Å²) in [6.07, 6.45) is 0. The van der Waals surface area contributed by atoms with Gasteiger partial charge in [0, 0.05) is 24.5 Å². The minimum absolute atomic E-state index is 0. The number of halogens is 3. The maximum absolute atomic E-state index is 11.6. The SMILES string of the molecule is O[Si](c1ccccc1)(c1ccccc1)c1ccccc1.Oc1c(Cl)cc(Cl)cc1Cl.[Zn]. The number of rotatable bonds is 3. The number of aromatic hydroxyl groups is 1. The van der Waals surface area contributed by atoms with E-state index < -0.39 is 8.32 Å². The van der Waals surface area contributed by atoms with E-state index in [4.69, 9.17) is 39.9 Å². The molecule has 0 saturated carbocycles. The van der Waals surface area contributed by atoms with Crippen molar-refractivity contribution in [1.82, 2.24) is 0 Å². The van der Waals surface area contributed by atoms with Gasteiger partial charge in [0.25, 0.3) is 8.32 Å². The van der Waals surface area contributed by atoms with Crippen LogP contribution in [0.2, 0.25) is 15.1 Å². The average Bonchev–Trinajstić information content (AvgIpc) is 2.79. The summed E-state index contributed by atoms with van der Waals surface area (Å²) in [5.41, 5.74) is 0. The molecule has 0 unspecified atom stereocenters. The molecular formula is C24H19Cl3O2SiZn. The summed E-state index contributed by atoms with van der Waals surface area (Å²) in [7, 11) is -2.88. The molecule has 4 aromatic carbocycles. The Balaban J connectivity index is 0.000000264. The number of phenols is 1. The first-order chi connectivity index (χ1) is 14.4. The van der Waals surface area contributed by atoms with Gasteiger partial charge in [-0.25, -0.2) is 0 Å². The first kappa shape index (κ1) is 25.6. The van der Waals surface area contributed by atoms with Gasteiger partial charge in [-0.3, -0.25) is 0 Å². The van der Waals surface area contributed by atoms with E-state index in [0.29, 0.717) is 5.02 Å². The van der Waals surface area contributed by atoms with Crippen LogP contribution in [0.25, 0.3) is 0 Å². The van der Waals surface area contributed by atoms with Gasteiger partial charge >= 0.3 is 0 Å². The quantitative estimate of drug-likeness (QED) is 0.285. The number of hydrogen-bond acceptors (Lipinski definition) is 2. The van der Waals surface area contributed by atoms with Gasteiger partial charge in [-0.2, -0.15) is 0 Å². The Hall–Kier alpha value is -1.65. The molecular weight excluding hydrogens is 520 g/mol. The molecule has 0 bridgehead atoms. The van der Waals surface area contributed by atoms with Crippen molar-refractivity contribution in [3.63, 3.8) is 0 Å². The fourth-order valence-corrected chi connectivity index (χ4v) is 6.91. The van der Waals surface area contributed by atoms with Crippen LogP contribution in [0.5, 0.6) is 5.75 Å². The van der Waals surface area contributed by atoms with Crippen molar-refractivity contribution in [3.05, 3.63) is 118 Å². The van der Waals surface area contributed by atoms with E-state index in [1.807, 2.05) is 91.0 Å². The molecule has 0 fully saturated rings. The average molecular weight is 539 g/mol. The molecule has 0 aliphatic rings. The van der Waals surface area contributed by atoms with Crippen LogP contribution in [-0.2, 0) is 19.5 Å². The summed E-state index contributed by atoms with van der Waals surface area (Å²) in [5.74, 6) is -0.132. The van der Waals surface area contributed by atoms with Gasteiger partial charge < -0.3 is 9.90 Å². The fraction of sp³-hybridized carbons (Fsp3) is 0. The molecule has 7 heteroatoms. The Morgan fingerprint density at radius 3 is 1.13 bits per heavy atom. The zero-order valence-electron chi connectivity index (χ0n) is 16.6. The zero-order chi connectivity index (χ0) is 21.6. The van der Waals surface area contributed by atoms with E-state index in [-0.39, 0.29) is 35.3 Å². The van der Waals surface area contributed by atoms with Gasteiger partial charge in [0.05, 0.1) is 10.0 Å². The molecule has 0 atom stereocenters. The van der Waals surface area contributed by atoms with E-state index in [1.165, 1.54) is 12.1 Å². The molecule has 31 heavy (non-hydrogen) atoms. The summed E-state index contributed by atoms with van der Waals surface area (Å²) in [5, 5.41) is 12.8. The van der Waals surface area contributed by atoms with Crippen molar-refractivity contribution < 1.29 is 29.4 Å².